The number of halogens is 1. The second-order valence-corrected chi connectivity index (χ2v) is 9.24. The van der Waals surface area contributed by atoms with Gasteiger partial charge in [0.15, 0.2) is 6.10 Å². The third-order valence-electron chi connectivity index (χ3n) is 6.00. The molecule has 3 aromatic carbocycles. The Morgan fingerprint density at radius 2 is 1.62 bits per heavy atom. The van der Waals surface area contributed by atoms with Crippen LogP contribution in [0.4, 0.5) is 4.79 Å². The molecule has 1 heterocycles. The zero-order valence-electron chi connectivity index (χ0n) is 21.8. The van der Waals surface area contributed by atoms with Crippen LogP contribution in [0.5, 0.6) is 5.75 Å². The van der Waals surface area contributed by atoms with Gasteiger partial charge >= 0.3 is 12.1 Å². The summed E-state index contributed by atoms with van der Waals surface area (Å²) in [4.78, 5) is 24.8. The van der Waals surface area contributed by atoms with E-state index in [4.69, 9.17) is 35.1 Å². The molecule has 0 aliphatic carbocycles. The SMILES string of the molecule is COC(=O)[C@H](Cc1ccc(Cl)cc1)OCc1ccc(-c2onc(C)c2OC(=O)O[C@H](C)c2ccccc2)cc1. The number of methoxy groups -OCH3 is 1. The molecule has 0 aliphatic heterocycles. The van der Waals surface area contributed by atoms with Gasteiger partial charge in [-0.1, -0.05) is 83.5 Å². The van der Waals surface area contributed by atoms with Crippen LogP contribution in [0, 0.1) is 6.92 Å². The van der Waals surface area contributed by atoms with Crippen molar-refractivity contribution in [2.24, 2.45) is 0 Å². The number of ether oxygens (including phenoxy) is 4. The summed E-state index contributed by atoms with van der Waals surface area (Å²) < 4.78 is 27.1. The monoisotopic (exact) mass is 549 g/mol. The van der Waals surface area contributed by atoms with Crippen LogP contribution in [0.15, 0.2) is 83.4 Å². The number of carbonyl (C=O) groups is 2. The van der Waals surface area contributed by atoms with Gasteiger partial charge in [-0.3, -0.25) is 0 Å². The number of benzene rings is 3. The fourth-order valence-corrected chi connectivity index (χ4v) is 3.96. The first-order valence-corrected chi connectivity index (χ1v) is 12.6. The van der Waals surface area contributed by atoms with E-state index in [-0.39, 0.29) is 12.4 Å². The minimum atomic E-state index is -0.863. The first kappa shape index (κ1) is 27.9. The van der Waals surface area contributed by atoms with Crippen molar-refractivity contribution < 1.29 is 33.1 Å². The quantitative estimate of drug-likeness (QED) is 0.197. The van der Waals surface area contributed by atoms with Crippen LogP contribution >= 0.6 is 11.6 Å². The zero-order chi connectivity index (χ0) is 27.8. The molecule has 8 nitrogen and oxygen atoms in total. The lowest BCUT2D eigenvalue weighted by atomic mass is 10.1. The second-order valence-electron chi connectivity index (χ2n) is 8.80. The Kier molecular flexibility index (Phi) is 9.35. The molecule has 0 unspecified atom stereocenters. The molecule has 39 heavy (non-hydrogen) atoms. The van der Waals surface area contributed by atoms with E-state index in [2.05, 4.69) is 5.16 Å². The van der Waals surface area contributed by atoms with Gasteiger partial charge in [0, 0.05) is 17.0 Å². The van der Waals surface area contributed by atoms with Crippen molar-refractivity contribution in [3.05, 3.63) is 106 Å². The normalized spacial score (nSPS) is 12.4. The topological polar surface area (TPSA) is 97.1 Å². The van der Waals surface area contributed by atoms with E-state index >= 15 is 0 Å². The molecule has 4 rings (SSSR count). The molecule has 0 saturated carbocycles. The van der Waals surface area contributed by atoms with Gasteiger partial charge in [-0.2, -0.15) is 0 Å². The number of hydrogen-bond donors (Lipinski definition) is 0. The lowest BCUT2D eigenvalue weighted by Gasteiger charge is -2.16. The van der Waals surface area contributed by atoms with Crippen molar-refractivity contribution in [2.45, 2.75) is 39.1 Å². The third-order valence-corrected chi connectivity index (χ3v) is 6.25. The van der Waals surface area contributed by atoms with Gasteiger partial charge in [-0.25, -0.2) is 9.59 Å². The molecule has 0 amide bonds. The maximum atomic E-state index is 12.5. The summed E-state index contributed by atoms with van der Waals surface area (Å²) in [5, 5.41) is 4.56. The summed E-state index contributed by atoms with van der Waals surface area (Å²) in [6, 6.07) is 23.8. The first-order chi connectivity index (χ1) is 18.8. The summed E-state index contributed by atoms with van der Waals surface area (Å²) >= 11 is 5.95. The summed E-state index contributed by atoms with van der Waals surface area (Å²) in [6.45, 7) is 3.61. The number of nitrogens with zero attached hydrogens (tertiary/aromatic N) is 1. The summed E-state index contributed by atoms with van der Waals surface area (Å²) in [5.74, 6) is 0.00593. The molecule has 1 aromatic heterocycles. The number of rotatable bonds is 10. The van der Waals surface area contributed by atoms with Gasteiger partial charge in [0.1, 0.15) is 11.8 Å². The van der Waals surface area contributed by atoms with E-state index in [0.717, 1.165) is 16.7 Å². The Balaban J connectivity index is 1.40. The van der Waals surface area contributed by atoms with Crippen molar-refractivity contribution >= 4 is 23.7 Å². The Morgan fingerprint density at radius 1 is 0.949 bits per heavy atom. The first-order valence-electron chi connectivity index (χ1n) is 12.3. The molecule has 9 heteroatoms. The maximum Gasteiger partial charge on any atom is 0.514 e. The van der Waals surface area contributed by atoms with Gasteiger partial charge in [-0.05, 0) is 42.7 Å². The van der Waals surface area contributed by atoms with Gasteiger partial charge in [0.25, 0.3) is 0 Å². The molecule has 0 N–H and O–H groups in total. The highest BCUT2D eigenvalue weighted by Gasteiger charge is 2.23. The van der Waals surface area contributed by atoms with Crippen LogP contribution in [0.2, 0.25) is 5.02 Å². The van der Waals surface area contributed by atoms with Crippen molar-refractivity contribution in [2.75, 3.05) is 7.11 Å². The Bertz CT molecular complexity index is 1390. The molecule has 0 fully saturated rings. The molecule has 0 spiro atoms. The van der Waals surface area contributed by atoms with Crippen molar-refractivity contribution in [1.29, 1.82) is 0 Å². The highest BCUT2D eigenvalue weighted by Crippen LogP contribution is 2.34. The summed E-state index contributed by atoms with van der Waals surface area (Å²) in [6.07, 6.45) is -1.79. The predicted octanol–water partition coefficient (Wildman–Crippen LogP) is 6.88. The van der Waals surface area contributed by atoms with Gasteiger partial charge < -0.3 is 23.5 Å². The van der Waals surface area contributed by atoms with Crippen molar-refractivity contribution in [3.63, 3.8) is 0 Å². The molecular formula is C30H28ClNO7. The Labute approximate surface area is 231 Å². The molecule has 2 atom stereocenters. The fraction of sp³-hybridized carbons (Fsp3) is 0.233. The van der Waals surface area contributed by atoms with Crippen LogP contribution in [0.3, 0.4) is 0 Å². The van der Waals surface area contributed by atoms with Gasteiger partial charge in [0.2, 0.25) is 11.5 Å². The molecular weight excluding hydrogens is 522 g/mol. The van der Waals surface area contributed by atoms with E-state index in [1.54, 1.807) is 38.1 Å². The zero-order valence-corrected chi connectivity index (χ0v) is 22.5. The molecule has 4 aromatic rings. The molecule has 0 radical (unpaired) electrons. The maximum absolute atomic E-state index is 12.5. The standard InChI is InChI=1S/C30H28ClNO7/c1-19-27(38-30(34)37-20(2)23-7-5-4-6-8-23)28(39-32-19)24-13-9-22(10-14-24)18-36-26(29(33)35-3)17-21-11-15-25(31)16-12-21/h4-16,20,26H,17-18H2,1-3H3/t20-,26+/m1/s1. The average Bonchev–Trinajstić information content (AvgIpc) is 3.31. The van der Waals surface area contributed by atoms with E-state index < -0.39 is 24.3 Å². The lowest BCUT2D eigenvalue weighted by molar-refractivity contribution is -0.154. The average molecular weight is 550 g/mol. The Morgan fingerprint density at radius 3 is 2.28 bits per heavy atom. The van der Waals surface area contributed by atoms with Gasteiger partial charge in [0.05, 0.1) is 13.7 Å². The predicted molar refractivity (Wildman–Crippen MR) is 144 cm³/mol. The van der Waals surface area contributed by atoms with Crippen molar-refractivity contribution in [3.8, 4) is 17.1 Å². The number of aromatic nitrogens is 1. The number of carbonyl (C=O) groups excluding carboxylic acids is 2. The lowest BCUT2D eigenvalue weighted by Crippen LogP contribution is -2.28. The van der Waals surface area contributed by atoms with Crippen LogP contribution in [0.25, 0.3) is 11.3 Å². The molecule has 202 valence electrons. The highest BCUT2D eigenvalue weighted by atomic mass is 35.5. The van der Waals surface area contributed by atoms with E-state index in [0.29, 0.717) is 28.5 Å². The molecule has 0 aliphatic rings. The number of hydrogen-bond acceptors (Lipinski definition) is 8. The van der Waals surface area contributed by atoms with Crippen LogP contribution < -0.4 is 4.74 Å². The fourth-order valence-electron chi connectivity index (χ4n) is 3.83. The van der Waals surface area contributed by atoms with E-state index in [9.17, 15) is 9.59 Å². The Hall–Kier alpha value is -4.14. The minimum absolute atomic E-state index is 0.177. The van der Waals surface area contributed by atoms with Crippen LogP contribution in [-0.2, 0) is 32.0 Å². The van der Waals surface area contributed by atoms with Gasteiger partial charge in [-0.15, -0.1) is 0 Å². The highest BCUT2D eigenvalue weighted by molar-refractivity contribution is 6.30. The van der Waals surface area contributed by atoms with Crippen molar-refractivity contribution in [1.82, 2.24) is 5.16 Å². The van der Waals surface area contributed by atoms with E-state index in [1.807, 2.05) is 54.6 Å². The van der Waals surface area contributed by atoms with E-state index in [1.165, 1.54) is 7.11 Å². The minimum Gasteiger partial charge on any atom is -0.467 e. The largest absolute Gasteiger partial charge is 0.514 e. The second kappa shape index (κ2) is 13.1. The summed E-state index contributed by atoms with van der Waals surface area (Å²) in [5.41, 5.74) is 3.61. The molecule has 0 saturated heterocycles. The van der Waals surface area contributed by atoms with Crippen LogP contribution in [0.1, 0.15) is 35.4 Å². The summed E-state index contributed by atoms with van der Waals surface area (Å²) in [7, 11) is 1.33. The number of aryl methyl sites for hydroxylation is 1. The smallest absolute Gasteiger partial charge is 0.467 e. The number of esters is 1. The van der Waals surface area contributed by atoms with Crippen LogP contribution in [-0.4, -0.2) is 30.5 Å². The third kappa shape index (κ3) is 7.46. The molecule has 0 bridgehead atoms.